The third kappa shape index (κ3) is 3.24. The van der Waals surface area contributed by atoms with Crippen LogP contribution in [0.4, 0.5) is 0 Å². The Kier molecular flexibility index (Phi) is 4.18. The number of para-hydroxylation sites is 1. The van der Waals surface area contributed by atoms with Gasteiger partial charge < -0.3 is 10.1 Å². The zero-order valence-electron chi connectivity index (χ0n) is 11.9. The van der Waals surface area contributed by atoms with Gasteiger partial charge in [-0.1, -0.05) is 30.3 Å². The first-order valence-electron chi connectivity index (χ1n) is 7.28. The second-order valence-electron chi connectivity index (χ2n) is 5.31. The van der Waals surface area contributed by atoms with Gasteiger partial charge in [-0.2, -0.15) is 5.26 Å². The Hall–Kier alpha value is -2.31. The van der Waals surface area contributed by atoms with Crippen molar-refractivity contribution in [1.29, 1.82) is 5.26 Å². The lowest BCUT2D eigenvalue weighted by Gasteiger charge is -2.26. The molecule has 0 saturated heterocycles. The summed E-state index contributed by atoms with van der Waals surface area (Å²) in [4.78, 5) is 0. The van der Waals surface area contributed by atoms with Gasteiger partial charge in [0.15, 0.2) is 0 Å². The van der Waals surface area contributed by atoms with Crippen LogP contribution in [0.2, 0.25) is 0 Å². The zero-order chi connectivity index (χ0) is 14.5. The van der Waals surface area contributed by atoms with Crippen LogP contribution in [0.25, 0.3) is 0 Å². The Morgan fingerprint density at radius 1 is 1.14 bits per heavy atom. The van der Waals surface area contributed by atoms with Crippen LogP contribution in [-0.4, -0.2) is 13.2 Å². The lowest BCUT2D eigenvalue weighted by atomic mass is 9.93. The Bertz CT molecular complexity index is 643. The van der Waals surface area contributed by atoms with Crippen LogP contribution in [0.15, 0.2) is 48.5 Å². The average molecular weight is 278 g/mol. The van der Waals surface area contributed by atoms with Gasteiger partial charge in [0.1, 0.15) is 5.75 Å². The number of hydrogen-bond donors (Lipinski definition) is 1. The van der Waals surface area contributed by atoms with Crippen LogP contribution in [0.1, 0.15) is 29.0 Å². The summed E-state index contributed by atoms with van der Waals surface area (Å²) in [5.74, 6) is 1.53. The van der Waals surface area contributed by atoms with Crippen molar-refractivity contribution in [2.75, 3.05) is 13.2 Å². The minimum absolute atomic E-state index is 0.508. The van der Waals surface area contributed by atoms with Gasteiger partial charge in [0, 0.05) is 19.0 Å². The molecule has 0 fully saturated rings. The van der Waals surface area contributed by atoms with E-state index in [2.05, 4.69) is 23.5 Å². The molecule has 3 heteroatoms. The lowest BCUT2D eigenvalue weighted by Crippen LogP contribution is -2.25. The highest BCUT2D eigenvalue weighted by Gasteiger charge is 2.20. The zero-order valence-corrected chi connectivity index (χ0v) is 11.9. The van der Waals surface area contributed by atoms with Crippen LogP contribution in [0, 0.1) is 11.3 Å². The smallest absolute Gasteiger partial charge is 0.122 e. The summed E-state index contributed by atoms with van der Waals surface area (Å²) in [5, 5.41) is 12.3. The molecule has 1 heterocycles. The third-order valence-electron chi connectivity index (χ3n) is 3.89. The summed E-state index contributed by atoms with van der Waals surface area (Å²) in [6, 6.07) is 18.2. The second-order valence-corrected chi connectivity index (χ2v) is 5.31. The van der Waals surface area contributed by atoms with Crippen molar-refractivity contribution < 1.29 is 4.74 Å². The minimum Gasteiger partial charge on any atom is -0.493 e. The van der Waals surface area contributed by atoms with E-state index in [1.54, 1.807) is 0 Å². The van der Waals surface area contributed by atoms with E-state index in [0.29, 0.717) is 11.5 Å². The van der Waals surface area contributed by atoms with E-state index in [0.717, 1.165) is 31.9 Å². The van der Waals surface area contributed by atoms with Gasteiger partial charge in [-0.05, 0) is 35.7 Å². The average Bonchev–Trinajstić information content (AvgIpc) is 2.56. The van der Waals surface area contributed by atoms with E-state index >= 15 is 0 Å². The molecule has 0 bridgehead atoms. The van der Waals surface area contributed by atoms with E-state index < -0.39 is 0 Å². The molecule has 2 aromatic rings. The van der Waals surface area contributed by atoms with Crippen LogP contribution < -0.4 is 10.1 Å². The van der Waals surface area contributed by atoms with Gasteiger partial charge in [-0.3, -0.25) is 0 Å². The van der Waals surface area contributed by atoms with Crippen molar-refractivity contribution in [2.45, 2.75) is 18.9 Å². The summed E-state index contributed by atoms with van der Waals surface area (Å²) in [6.45, 7) is 2.56. The first kappa shape index (κ1) is 13.7. The van der Waals surface area contributed by atoms with E-state index in [9.17, 15) is 0 Å². The number of hydrogen-bond acceptors (Lipinski definition) is 3. The number of benzene rings is 2. The molecule has 0 radical (unpaired) electrons. The Balaban J connectivity index is 1.57. The molecule has 1 aliphatic rings. The first-order valence-corrected chi connectivity index (χ1v) is 7.28. The maximum atomic E-state index is 8.79. The van der Waals surface area contributed by atoms with Crippen molar-refractivity contribution in [3.63, 3.8) is 0 Å². The first-order chi connectivity index (χ1) is 10.4. The van der Waals surface area contributed by atoms with E-state index in [1.165, 1.54) is 11.1 Å². The summed E-state index contributed by atoms with van der Waals surface area (Å²) < 4.78 is 5.69. The predicted molar refractivity (Wildman–Crippen MR) is 82.2 cm³/mol. The van der Waals surface area contributed by atoms with Crippen LogP contribution in [-0.2, 0) is 6.54 Å². The molecule has 0 aromatic heterocycles. The molecule has 3 nitrogen and oxygen atoms in total. The second kappa shape index (κ2) is 6.43. The molecule has 0 spiro atoms. The summed E-state index contributed by atoms with van der Waals surface area (Å²) >= 11 is 0. The number of ether oxygens (including phenoxy) is 1. The van der Waals surface area contributed by atoms with Crippen molar-refractivity contribution in [3.8, 4) is 11.8 Å². The van der Waals surface area contributed by atoms with Gasteiger partial charge in [0.25, 0.3) is 0 Å². The molecule has 1 unspecified atom stereocenters. The van der Waals surface area contributed by atoms with Crippen LogP contribution >= 0.6 is 0 Å². The number of nitriles is 1. The van der Waals surface area contributed by atoms with Crippen LogP contribution in [0.5, 0.6) is 5.75 Å². The molecular formula is C18H18N2O. The van der Waals surface area contributed by atoms with E-state index in [1.807, 2.05) is 36.4 Å². The Labute approximate surface area is 125 Å². The number of nitrogens with zero attached hydrogens (tertiary/aromatic N) is 1. The van der Waals surface area contributed by atoms with Crippen molar-refractivity contribution in [3.05, 3.63) is 65.2 Å². The summed E-state index contributed by atoms with van der Waals surface area (Å²) in [6.07, 6.45) is 1.05. The minimum atomic E-state index is 0.508. The maximum Gasteiger partial charge on any atom is 0.122 e. The molecule has 3 rings (SSSR count). The van der Waals surface area contributed by atoms with Crippen molar-refractivity contribution in [2.24, 2.45) is 0 Å². The Morgan fingerprint density at radius 3 is 2.76 bits per heavy atom. The molecule has 21 heavy (non-hydrogen) atoms. The monoisotopic (exact) mass is 278 g/mol. The quantitative estimate of drug-likeness (QED) is 0.934. The van der Waals surface area contributed by atoms with Gasteiger partial charge in [-0.15, -0.1) is 0 Å². The topological polar surface area (TPSA) is 45.0 Å². The van der Waals surface area contributed by atoms with Gasteiger partial charge in [0.05, 0.1) is 18.2 Å². The number of nitrogens with one attached hydrogen (secondary N) is 1. The highest BCUT2D eigenvalue weighted by Crippen LogP contribution is 2.32. The molecule has 2 aromatic carbocycles. The SMILES string of the molecule is N#Cc1ccc(CNCC2CCOc3ccccc32)cc1. The summed E-state index contributed by atoms with van der Waals surface area (Å²) in [5.41, 5.74) is 3.21. The van der Waals surface area contributed by atoms with Gasteiger partial charge in [0.2, 0.25) is 0 Å². The number of fused-ring (bicyclic) bond motifs is 1. The molecule has 1 N–H and O–H groups in total. The molecule has 0 amide bonds. The van der Waals surface area contributed by atoms with Crippen LogP contribution in [0.3, 0.4) is 0 Å². The molecule has 1 atom stereocenters. The van der Waals surface area contributed by atoms with Gasteiger partial charge in [-0.25, -0.2) is 0 Å². The highest BCUT2D eigenvalue weighted by atomic mass is 16.5. The summed E-state index contributed by atoms with van der Waals surface area (Å²) in [7, 11) is 0. The van der Waals surface area contributed by atoms with Crippen molar-refractivity contribution in [1.82, 2.24) is 5.32 Å². The molecule has 1 aliphatic heterocycles. The Morgan fingerprint density at radius 2 is 1.95 bits per heavy atom. The molecule has 106 valence electrons. The normalized spacial score (nSPS) is 16.6. The molecule has 0 aliphatic carbocycles. The lowest BCUT2D eigenvalue weighted by molar-refractivity contribution is 0.264. The predicted octanol–water partition coefficient (Wildman–Crippen LogP) is 3.21. The fourth-order valence-electron chi connectivity index (χ4n) is 2.72. The highest BCUT2D eigenvalue weighted by molar-refractivity contribution is 5.38. The largest absolute Gasteiger partial charge is 0.493 e. The maximum absolute atomic E-state index is 8.79. The van der Waals surface area contributed by atoms with Gasteiger partial charge >= 0.3 is 0 Å². The van der Waals surface area contributed by atoms with Crippen molar-refractivity contribution >= 4 is 0 Å². The fourth-order valence-corrected chi connectivity index (χ4v) is 2.72. The van der Waals surface area contributed by atoms with E-state index in [4.69, 9.17) is 10.00 Å². The van der Waals surface area contributed by atoms with E-state index in [-0.39, 0.29) is 0 Å². The molecular weight excluding hydrogens is 260 g/mol. The fraction of sp³-hybridized carbons (Fsp3) is 0.278. The number of rotatable bonds is 4. The molecule has 0 saturated carbocycles. The standard InChI is InChI=1S/C18H18N2O/c19-11-14-5-7-15(8-6-14)12-20-13-16-9-10-21-18-4-2-1-3-17(16)18/h1-8,16,20H,9-10,12-13H2. The third-order valence-corrected chi connectivity index (χ3v) is 3.89.